The molecule has 2 heteroatoms. The number of hydrogen-bond acceptors (Lipinski definition) is 0. The first-order chi connectivity index (χ1) is 4.20. The van der Waals surface area contributed by atoms with Crippen molar-refractivity contribution < 1.29 is 0 Å². The highest BCUT2D eigenvalue weighted by Gasteiger charge is 2.05. The zero-order chi connectivity index (χ0) is 7.28. The second-order valence-electron chi connectivity index (χ2n) is 2.75. The molecule has 0 rings (SSSR count). The average Bonchev–Trinajstić information content (AvgIpc) is 1.87. The Hall–Kier alpha value is 0.580. The third-order valence-electron chi connectivity index (χ3n) is 1.33. The largest absolute Gasteiger partial charge is 0.126 e. The lowest BCUT2D eigenvalue weighted by Gasteiger charge is -2.10. The zero-order valence-corrected chi connectivity index (χ0v) is 7.54. The maximum absolute atomic E-state index is 5.61. The Balaban J connectivity index is 3.22. The van der Waals surface area contributed by atoms with Crippen molar-refractivity contribution in [3.8, 4) is 0 Å². The van der Waals surface area contributed by atoms with Gasteiger partial charge in [-0.05, 0) is 18.3 Å². The number of rotatable bonds is 4. The molecule has 0 nitrogen and oxygen atoms in total. The van der Waals surface area contributed by atoms with Crippen LogP contribution in [0, 0.1) is 11.8 Å². The second-order valence-corrected chi connectivity index (χ2v) is 3.37. The normalized spacial score (nSPS) is 17.3. The van der Waals surface area contributed by atoms with E-state index in [-0.39, 0.29) is 0 Å². The van der Waals surface area contributed by atoms with E-state index in [1.165, 1.54) is 0 Å². The van der Waals surface area contributed by atoms with Gasteiger partial charge in [0.2, 0.25) is 0 Å². The van der Waals surface area contributed by atoms with Crippen LogP contribution < -0.4 is 0 Å². The minimum absolute atomic E-state index is 0.611. The Labute approximate surface area is 67.5 Å². The minimum Gasteiger partial charge on any atom is -0.126 e. The summed E-state index contributed by atoms with van der Waals surface area (Å²) in [4.78, 5) is 0. The predicted octanol–water partition coefficient (Wildman–Crippen LogP) is 3.13. The Morgan fingerprint density at radius 3 is 1.56 bits per heavy atom. The van der Waals surface area contributed by atoms with Gasteiger partial charge < -0.3 is 0 Å². The molecule has 2 unspecified atom stereocenters. The van der Waals surface area contributed by atoms with Crippen LogP contribution >= 0.6 is 23.2 Å². The molecule has 0 aromatic rings. The van der Waals surface area contributed by atoms with Gasteiger partial charge in [0.05, 0.1) is 0 Å². The van der Waals surface area contributed by atoms with Crippen molar-refractivity contribution in [3.63, 3.8) is 0 Å². The van der Waals surface area contributed by atoms with E-state index in [0.29, 0.717) is 11.8 Å². The highest BCUT2D eigenvalue weighted by molar-refractivity contribution is 6.18. The molecule has 0 heterocycles. The van der Waals surface area contributed by atoms with Crippen molar-refractivity contribution in [2.45, 2.75) is 20.3 Å². The summed E-state index contributed by atoms with van der Waals surface area (Å²) in [5.74, 6) is 2.73. The smallest absolute Gasteiger partial charge is 0.0249 e. The Kier molecular flexibility index (Phi) is 5.72. The summed E-state index contributed by atoms with van der Waals surface area (Å²) in [5.41, 5.74) is 0. The molecule has 0 N–H and O–H groups in total. The lowest BCUT2D eigenvalue weighted by Crippen LogP contribution is -2.05. The summed E-state index contributed by atoms with van der Waals surface area (Å²) < 4.78 is 0. The molecular weight excluding hydrogens is 155 g/mol. The van der Waals surface area contributed by atoms with Crippen molar-refractivity contribution in [3.05, 3.63) is 0 Å². The van der Waals surface area contributed by atoms with Gasteiger partial charge in [0.1, 0.15) is 0 Å². The van der Waals surface area contributed by atoms with Gasteiger partial charge in [0.15, 0.2) is 0 Å². The molecule has 0 amide bonds. The molecule has 0 saturated carbocycles. The summed E-state index contributed by atoms with van der Waals surface area (Å²) in [5, 5.41) is 0. The molecule has 0 aromatic heterocycles. The molecule has 0 saturated heterocycles. The molecule has 2 atom stereocenters. The van der Waals surface area contributed by atoms with Gasteiger partial charge in [0.25, 0.3) is 0 Å². The summed E-state index contributed by atoms with van der Waals surface area (Å²) in [6.07, 6.45) is 1.15. The van der Waals surface area contributed by atoms with E-state index in [9.17, 15) is 0 Å². The summed E-state index contributed by atoms with van der Waals surface area (Å²) in [6, 6.07) is 0. The quantitative estimate of drug-likeness (QED) is 0.567. The maximum Gasteiger partial charge on any atom is 0.0249 e. The van der Waals surface area contributed by atoms with Crippen LogP contribution in [0.2, 0.25) is 0 Å². The van der Waals surface area contributed by atoms with E-state index in [1.807, 2.05) is 0 Å². The third-order valence-corrected chi connectivity index (χ3v) is 2.39. The van der Waals surface area contributed by atoms with Crippen molar-refractivity contribution in [2.24, 2.45) is 11.8 Å². The molecule has 56 valence electrons. The van der Waals surface area contributed by atoms with Crippen LogP contribution in [0.25, 0.3) is 0 Å². The molecule has 0 aliphatic rings. The molecule has 0 radical (unpaired) electrons. The van der Waals surface area contributed by atoms with Crippen LogP contribution in [0.4, 0.5) is 0 Å². The van der Waals surface area contributed by atoms with Crippen LogP contribution in [0.1, 0.15) is 20.3 Å². The first-order valence-corrected chi connectivity index (χ1v) is 4.39. The van der Waals surface area contributed by atoms with E-state index >= 15 is 0 Å². The van der Waals surface area contributed by atoms with Crippen LogP contribution in [0.3, 0.4) is 0 Å². The molecule has 0 bridgehead atoms. The van der Waals surface area contributed by atoms with Crippen molar-refractivity contribution in [1.29, 1.82) is 0 Å². The summed E-state index contributed by atoms with van der Waals surface area (Å²) in [6.45, 7) is 4.30. The first kappa shape index (κ1) is 9.58. The molecule has 0 fully saturated rings. The molecule has 0 aromatic carbocycles. The number of alkyl halides is 2. The highest BCUT2D eigenvalue weighted by Crippen LogP contribution is 2.13. The SMILES string of the molecule is CC(CCl)CC(C)CCl. The van der Waals surface area contributed by atoms with E-state index in [1.54, 1.807) is 0 Å². The van der Waals surface area contributed by atoms with Gasteiger partial charge in [-0.25, -0.2) is 0 Å². The Morgan fingerprint density at radius 2 is 1.33 bits per heavy atom. The van der Waals surface area contributed by atoms with E-state index in [4.69, 9.17) is 23.2 Å². The highest BCUT2D eigenvalue weighted by atomic mass is 35.5. The molecule has 9 heavy (non-hydrogen) atoms. The van der Waals surface area contributed by atoms with Gasteiger partial charge in [-0.3, -0.25) is 0 Å². The van der Waals surface area contributed by atoms with Crippen molar-refractivity contribution >= 4 is 23.2 Å². The number of hydrogen-bond donors (Lipinski definition) is 0. The van der Waals surface area contributed by atoms with Gasteiger partial charge in [-0.1, -0.05) is 13.8 Å². The van der Waals surface area contributed by atoms with Gasteiger partial charge >= 0.3 is 0 Å². The van der Waals surface area contributed by atoms with E-state index in [2.05, 4.69) is 13.8 Å². The summed E-state index contributed by atoms with van der Waals surface area (Å²) in [7, 11) is 0. The van der Waals surface area contributed by atoms with Crippen LogP contribution in [0.15, 0.2) is 0 Å². The van der Waals surface area contributed by atoms with Crippen LogP contribution in [0.5, 0.6) is 0 Å². The minimum atomic E-state index is 0.611. The molecular formula is C7H14Cl2. The topological polar surface area (TPSA) is 0 Å². The average molecular weight is 169 g/mol. The van der Waals surface area contributed by atoms with Gasteiger partial charge in [-0.15, -0.1) is 23.2 Å². The van der Waals surface area contributed by atoms with Crippen molar-refractivity contribution in [2.75, 3.05) is 11.8 Å². The first-order valence-electron chi connectivity index (χ1n) is 3.32. The maximum atomic E-state index is 5.61. The standard InChI is InChI=1S/C7H14Cl2/c1-6(4-8)3-7(2)5-9/h6-7H,3-5H2,1-2H3. The molecule has 0 aliphatic carbocycles. The summed E-state index contributed by atoms with van der Waals surface area (Å²) >= 11 is 11.2. The third kappa shape index (κ3) is 5.05. The van der Waals surface area contributed by atoms with Crippen molar-refractivity contribution in [1.82, 2.24) is 0 Å². The fourth-order valence-corrected chi connectivity index (χ4v) is 1.06. The fraction of sp³-hybridized carbons (Fsp3) is 1.00. The van der Waals surface area contributed by atoms with E-state index in [0.717, 1.165) is 18.2 Å². The number of halogens is 2. The van der Waals surface area contributed by atoms with E-state index < -0.39 is 0 Å². The van der Waals surface area contributed by atoms with Crippen LogP contribution in [-0.4, -0.2) is 11.8 Å². The van der Waals surface area contributed by atoms with Gasteiger partial charge in [0, 0.05) is 11.8 Å². The lowest BCUT2D eigenvalue weighted by molar-refractivity contribution is 0.477. The fourth-order valence-electron chi connectivity index (χ4n) is 0.813. The second kappa shape index (κ2) is 5.37. The van der Waals surface area contributed by atoms with Gasteiger partial charge in [-0.2, -0.15) is 0 Å². The predicted molar refractivity (Wildman–Crippen MR) is 44.4 cm³/mol. The Bertz CT molecular complexity index is 55.9. The Morgan fingerprint density at radius 1 is 1.00 bits per heavy atom. The van der Waals surface area contributed by atoms with Crippen LogP contribution in [-0.2, 0) is 0 Å². The lowest BCUT2D eigenvalue weighted by atomic mass is 10.0. The molecule has 0 spiro atoms. The molecule has 0 aliphatic heterocycles. The monoisotopic (exact) mass is 168 g/mol. The zero-order valence-electron chi connectivity index (χ0n) is 6.03.